The van der Waals surface area contributed by atoms with Gasteiger partial charge in [-0.05, 0) is 37.0 Å². The van der Waals surface area contributed by atoms with Gasteiger partial charge >= 0.3 is 0 Å². The molecule has 0 amide bonds. The first-order valence-corrected chi connectivity index (χ1v) is 7.83. The number of nitrogens with zero attached hydrogens (tertiary/aromatic N) is 1. The number of ether oxygens (including phenoxy) is 1. The minimum atomic E-state index is -1.19. The monoisotopic (exact) mass is 315 g/mol. The Labute approximate surface area is 138 Å². The van der Waals surface area contributed by atoms with Crippen LogP contribution in [0.2, 0.25) is 0 Å². The van der Waals surface area contributed by atoms with Crippen LogP contribution in [0.3, 0.4) is 0 Å². The number of carbonyl (C=O) groups is 2. The van der Waals surface area contributed by atoms with Crippen molar-refractivity contribution in [1.29, 1.82) is 5.26 Å². The number of hydrogen-bond acceptors (Lipinski definition) is 4. The molecule has 0 spiro atoms. The largest absolute Gasteiger partial charge is 0.491 e. The van der Waals surface area contributed by atoms with Gasteiger partial charge in [-0.3, -0.25) is 9.59 Å². The van der Waals surface area contributed by atoms with E-state index in [1.54, 1.807) is 18.2 Å². The molecule has 1 rings (SSSR count). The highest BCUT2D eigenvalue weighted by atomic mass is 16.5. The summed E-state index contributed by atoms with van der Waals surface area (Å²) in [5.74, 6) is -1.17. The zero-order valence-corrected chi connectivity index (χ0v) is 14.6. The number of carbonyl (C=O) groups excluding carboxylic acids is 2. The molecule has 4 nitrogen and oxygen atoms in total. The summed E-state index contributed by atoms with van der Waals surface area (Å²) in [4.78, 5) is 24.5. The zero-order chi connectivity index (χ0) is 17.6. The average Bonchev–Trinajstić information content (AvgIpc) is 2.36. The van der Waals surface area contributed by atoms with E-state index in [-0.39, 0.29) is 35.9 Å². The summed E-state index contributed by atoms with van der Waals surface area (Å²) in [6.45, 7) is 9.59. The maximum absolute atomic E-state index is 12.3. The van der Waals surface area contributed by atoms with E-state index in [1.165, 1.54) is 0 Å². The molecule has 124 valence electrons. The number of hydrogen-bond donors (Lipinski definition) is 0. The molecule has 0 aliphatic carbocycles. The van der Waals surface area contributed by atoms with E-state index in [9.17, 15) is 14.9 Å². The van der Waals surface area contributed by atoms with Crippen molar-refractivity contribution in [2.45, 2.75) is 53.6 Å². The topological polar surface area (TPSA) is 67.2 Å². The first-order chi connectivity index (χ1) is 10.6. The van der Waals surface area contributed by atoms with Crippen LogP contribution in [0.5, 0.6) is 5.75 Å². The van der Waals surface area contributed by atoms with Gasteiger partial charge in [-0.25, -0.2) is 0 Å². The number of ketones is 2. The molecule has 0 bridgehead atoms. The Balaban J connectivity index is 2.81. The van der Waals surface area contributed by atoms with Gasteiger partial charge in [-0.2, -0.15) is 5.26 Å². The standard InChI is InChI=1S/C19H25NO3/c1-13(2)23-15-8-6-7-14(9-15)10-17(21)16(12-20)18(22)11-19(3,4)5/h6-9,13,16H,10-11H2,1-5H3. The molecule has 1 aromatic rings. The van der Waals surface area contributed by atoms with Crippen LogP contribution in [0.4, 0.5) is 0 Å². The van der Waals surface area contributed by atoms with E-state index in [1.807, 2.05) is 46.8 Å². The molecule has 0 fully saturated rings. The van der Waals surface area contributed by atoms with Crippen LogP contribution in [0.15, 0.2) is 24.3 Å². The highest BCUT2D eigenvalue weighted by Gasteiger charge is 2.29. The van der Waals surface area contributed by atoms with Crippen molar-refractivity contribution in [3.8, 4) is 11.8 Å². The van der Waals surface area contributed by atoms with Crippen molar-refractivity contribution < 1.29 is 14.3 Å². The fourth-order valence-electron chi connectivity index (χ4n) is 2.25. The Morgan fingerprint density at radius 3 is 2.39 bits per heavy atom. The third kappa shape index (κ3) is 6.65. The maximum Gasteiger partial charge on any atom is 0.163 e. The normalized spacial score (nSPS) is 12.6. The number of benzene rings is 1. The minimum Gasteiger partial charge on any atom is -0.491 e. The second-order valence-electron chi connectivity index (χ2n) is 7.22. The fourth-order valence-corrected chi connectivity index (χ4v) is 2.25. The summed E-state index contributed by atoms with van der Waals surface area (Å²) in [6, 6.07) is 9.06. The lowest BCUT2D eigenvalue weighted by atomic mass is 9.84. The molecule has 0 aliphatic rings. The van der Waals surface area contributed by atoms with Crippen LogP contribution in [0, 0.1) is 22.7 Å². The summed E-state index contributed by atoms with van der Waals surface area (Å²) in [6.07, 6.45) is 0.317. The van der Waals surface area contributed by atoms with Crippen LogP contribution < -0.4 is 4.74 Å². The summed E-state index contributed by atoms with van der Waals surface area (Å²) in [5, 5.41) is 9.20. The highest BCUT2D eigenvalue weighted by Crippen LogP contribution is 2.22. The molecule has 0 saturated heterocycles. The van der Waals surface area contributed by atoms with Crippen LogP contribution in [-0.4, -0.2) is 17.7 Å². The van der Waals surface area contributed by atoms with Gasteiger partial charge in [-0.15, -0.1) is 0 Å². The first kappa shape index (κ1) is 18.9. The SMILES string of the molecule is CC(C)Oc1cccc(CC(=O)C(C#N)C(=O)CC(C)(C)C)c1. The molecule has 0 saturated carbocycles. The van der Waals surface area contributed by atoms with Crippen LogP contribution in [-0.2, 0) is 16.0 Å². The maximum atomic E-state index is 12.3. The van der Waals surface area contributed by atoms with Crippen LogP contribution in [0.1, 0.15) is 46.6 Å². The molecule has 1 unspecified atom stereocenters. The van der Waals surface area contributed by atoms with Gasteiger partial charge in [0.1, 0.15) is 5.75 Å². The Morgan fingerprint density at radius 1 is 1.22 bits per heavy atom. The number of nitriles is 1. The van der Waals surface area contributed by atoms with Crippen molar-refractivity contribution in [2.24, 2.45) is 11.3 Å². The summed E-state index contributed by atoms with van der Waals surface area (Å²) in [7, 11) is 0. The Hall–Kier alpha value is -2.15. The van der Waals surface area contributed by atoms with E-state index < -0.39 is 5.92 Å². The molecule has 1 atom stereocenters. The molecule has 0 N–H and O–H groups in total. The smallest absolute Gasteiger partial charge is 0.163 e. The highest BCUT2D eigenvalue weighted by molar-refractivity contribution is 6.05. The van der Waals surface area contributed by atoms with Crippen molar-refractivity contribution in [3.05, 3.63) is 29.8 Å². The fraction of sp³-hybridized carbons (Fsp3) is 0.526. The van der Waals surface area contributed by atoms with Crippen LogP contribution in [0.25, 0.3) is 0 Å². The third-order valence-corrected chi connectivity index (χ3v) is 3.13. The zero-order valence-electron chi connectivity index (χ0n) is 14.6. The lowest BCUT2D eigenvalue weighted by molar-refractivity contribution is -0.131. The molecule has 0 aromatic heterocycles. The lowest BCUT2D eigenvalue weighted by Crippen LogP contribution is -2.27. The Bertz CT molecular complexity index is 606. The first-order valence-electron chi connectivity index (χ1n) is 7.83. The van der Waals surface area contributed by atoms with Crippen LogP contribution >= 0.6 is 0 Å². The van der Waals surface area contributed by atoms with E-state index in [4.69, 9.17) is 4.74 Å². The molecule has 0 aliphatic heterocycles. The van der Waals surface area contributed by atoms with E-state index in [0.717, 1.165) is 5.56 Å². The van der Waals surface area contributed by atoms with E-state index in [0.29, 0.717) is 5.75 Å². The lowest BCUT2D eigenvalue weighted by Gasteiger charge is -2.18. The van der Waals surface area contributed by atoms with Crippen molar-refractivity contribution in [1.82, 2.24) is 0 Å². The van der Waals surface area contributed by atoms with Gasteiger partial charge in [0.2, 0.25) is 0 Å². The van der Waals surface area contributed by atoms with Gasteiger partial charge in [-0.1, -0.05) is 32.9 Å². The van der Waals surface area contributed by atoms with Gasteiger partial charge < -0.3 is 4.74 Å². The van der Waals surface area contributed by atoms with E-state index in [2.05, 4.69) is 0 Å². The number of rotatable bonds is 7. The Morgan fingerprint density at radius 2 is 1.87 bits per heavy atom. The predicted molar refractivity (Wildman–Crippen MR) is 89.1 cm³/mol. The molecule has 23 heavy (non-hydrogen) atoms. The van der Waals surface area contributed by atoms with Gasteiger partial charge in [0.25, 0.3) is 0 Å². The van der Waals surface area contributed by atoms with Crippen molar-refractivity contribution >= 4 is 11.6 Å². The molecular formula is C19H25NO3. The molecule has 4 heteroatoms. The number of Topliss-reactive ketones (excluding diaryl/α,β-unsaturated/α-hetero) is 2. The van der Waals surface area contributed by atoms with E-state index >= 15 is 0 Å². The second-order valence-corrected chi connectivity index (χ2v) is 7.22. The summed E-state index contributed by atoms with van der Waals surface area (Å²) in [5.41, 5.74) is 0.509. The molecule has 1 aromatic carbocycles. The van der Waals surface area contributed by atoms with Gasteiger partial charge in [0, 0.05) is 12.8 Å². The van der Waals surface area contributed by atoms with Gasteiger partial charge in [0.05, 0.1) is 12.2 Å². The Kier molecular flexibility index (Phi) is 6.50. The van der Waals surface area contributed by atoms with Crippen molar-refractivity contribution in [2.75, 3.05) is 0 Å². The quantitative estimate of drug-likeness (QED) is 0.719. The average molecular weight is 315 g/mol. The predicted octanol–water partition coefficient (Wildman–Crippen LogP) is 3.73. The minimum absolute atomic E-state index is 0.0428. The van der Waals surface area contributed by atoms with Gasteiger partial charge in [0.15, 0.2) is 17.5 Å². The molecule has 0 heterocycles. The molecule has 0 radical (unpaired) electrons. The summed E-state index contributed by atoms with van der Waals surface area (Å²) < 4.78 is 5.59. The molecular weight excluding hydrogens is 290 g/mol. The third-order valence-electron chi connectivity index (χ3n) is 3.13. The summed E-state index contributed by atoms with van der Waals surface area (Å²) >= 11 is 0. The van der Waals surface area contributed by atoms with Crippen molar-refractivity contribution in [3.63, 3.8) is 0 Å². The second kappa shape index (κ2) is 7.92.